The first-order valence-electron chi connectivity index (χ1n) is 13.8. The van der Waals surface area contributed by atoms with Gasteiger partial charge in [0.25, 0.3) is 5.85 Å². The molecule has 1 fully saturated rings. The van der Waals surface area contributed by atoms with Crippen molar-refractivity contribution in [3.63, 3.8) is 0 Å². The number of benzene rings is 1. The van der Waals surface area contributed by atoms with Crippen molar-refractivity contribution < 1.29 is 52.7 Å². The van der Waals surface area contributed by atoms with E-state index in [2.05, 4.69) is 15.4 Å². The van der Waals surface area contributed by atoms with Crippen LogP contribution in [0.2, 0.25) is 0 Å². The highest BCUT2D eigenvalue weighted by atomic mass is 31.2. The lowest BCUT2D eigenvalue weighted by atomic mass is 10.0. The van der Waals surface area contributed by atoms with E-state index in [-0.39, 0.29) is 18.8 Å². The third-order valence-electron chi connectivity index (χ3n) is 6.69. The van der Waals surface area contributed by atoms with Gasteiger partial charge in [0, 0.05) is 44.3 Å². The highest BCUT2D eigenvalue weighted by Gasteiger charge is 2.61. The van der Waals surface area contributed by atoms with Crippen LogP contribution in [0.25, 0.3) is 10.9 Å². The molecule has 3 rings (SSSR count). The lowest BCUT2D eigenvalue weighted by molar-refractivity contribution is -0.244. The standard InChI is InChI=1S/C28H38N3O11P/c1-14(2)11-22(26(35)30-23(27(36)37)12-19-13-29-21-10-8-7-9-20(19)21)31-43(38)28(41-18(6)34)25(40-17(5)33)24(15(3)42-43)39-16(4)32/h7-10,13-15,22-25,28-29H,11-12H2,1-6H3,(H,30,35)(H,31,38)(H,36,37)/t15-,22-,23-,24-,25+,28-,43?/m0/s1. The Balaban J connectivity index is 1.93. The second kappa shape index (κ2) is 14.3. The summed E-state index contributed by atoms with van der Waals surface area (Å²) in [6, 6.07) is 4.68. The molecular weight excluding hydrogens is 585 g/mol. The molecule has 1 saturated heterocycles. The molecule has 1 unspecified atom stereocenters. The van der Waals surface area contributed by atoms with Crippen LogP contribution in [0, 0.1) is 5.92 Å². The van der Waals surface area contributed by atoms with Gasteiger partial charge in [0.2, 0.25) is 19.9 Å². The van der Waals surface area contributed by atoms with Gasteiger partial charge in [-0.05, 0) is 30.9 Å². The third kappa shape index (κ3) is 8.73. The number of carboxylic acid groups (broad SMARTS) is 1. The zero-order chi connectivity index (χ0) is 32.1. The predicted molar refractivity (Wildman–Crippen MR) is 152 cm³/mol. The smallest absolute Gasteiger partial charge is 0.326 e. The van der Waals surface area contributed by atoms with E-state index < -0.39 is 73.9 Å². The largest absolute Gasteiger partial charge is 0.638 e. The summed E-state index contributed by atoms with van der Waals surface area (Å²) >= 11 is 0. The number of fused-ring (bicyclic) bond motifs is 1. The van der Waals surface area contributed by atoms with Gasteiger partial charge in [-0.25, -0.2) is 9.32 Å². The van der Waals surface area contributed by atoms with Gasteiger partial charge in [0.1, 0.15) is 18.2 Å². The van der Waals surface area contributed by atoms with Crippen LogP contribution in [0.4, 0.5) is 0 Å². The molecule has 1 aromatic carbocycles. The first kappa shape index (κ1) is 33.9. The number of carbonyl (C=O) groups excluding carboxylic acids is 4. The zero-order valence-electron chi connectivity index (χ0n) is 24.8. The summed E-state index contributed by atoms with van der Waals surface area (Å²) in [5.41, 5.74) is 1.48. The molecular formula is C28H38N3O11P. The Kier molecular flexibility index (Phi) is 11.2. The summed E-state index contributed by atoms with van der Waals surface area (Å²) in [7, 11) is -4.42. The van der Waals surface area contributed by atoms with Crippen LogP contribution in [0.3, 0.4) is 0 Å². The van der Waals surface area contributed by atoms with Gasteiger partial charge in [-0.15, -0.1) is 0 Å². The fourth-order valence-corrected chi connectivity index (χ4v) is 7.47. The number of para-hydroxylation sites is 1. The van der Waals surface area contributed by atoms with Crippen LogP contribution in [-0.4, -0.2) is 76.1 Å². The highest BCUT2D eigenvalue weighted by Crippen LogP contribution is 2.60. The maximum Gasteiger partial charge on any atom is 0.326 e. The average molecular weight is 624 g/mol. The van der Waals surface area contributed by atoms with Crippen LogP contribution in [0.5, 0.6) is 0 Å². The number of hydrogen-bond donors (Lipinski definition) is 4. The monoisotopic (exact) mass is 623 g/mol. The molecule has 0 bridgehead atoms. The molecule has 2 aromatic rings. The molecule has 0 spiro atoms. The van der Waals surface area contributed by atoms with Crippen LogP contribution in [-0.2, 0) is 49.1 Å². The molecule has 1 aromatic heterocycles. The summed E-state index contributed by atoms with van der Waals surface area (Å²) in [4.78, 5) is 79.2. The highest BCUT2D eigenvalue weighted by molar-refractivity contribution is 7.62. The number of rotatable bonds is 12. The molecule has 7 atom stereocenters. The number of ether oxygens (including phenoxy) is 3. The maximum absolute atomic E-state index is 14.4. The Bertz CT molecular complexity index is 1350. The van der Waals surface area contributed by atoms with E-state index in [1.807, 2.05) is 24.3 Å². The van der Waals surface area contributed by atoms with Crippen molar-refractivity contribution in [2.24, 2.45) is 5.92 Å². The van der Waals surface area contributed by atoms with Gasteiger partial charge in [-0.1, -0.05) is 32.0 Å². The molecule has 0 aliphatic carbocycles. The minimum absolute atomic E-state index is 0.0423. The van der Waals surface area contributed by atoms with Crippen molar-refractivity contribution in [2.75, 3.05) is 0 Å². The number of H-pyrrole nitrogens is 1. The Hall–Kier alpha value is -3.58. The fourth-order valence-electron chi connectivity index (χ4n) is 4.97. The van der Waals surface area contributed by atoms with E-state index >= 15 is 0 Å². The van der Waals surface area contributed by atoms with E-state index in [1.54, 1.807) is 20.0 Å². The summed E-state index contributed by atoms with van der Waals surface area (Å²) in [5.74, 6) is -6.52. The fraction of sp³-hybridized carbons (Fsp3) is 0.536. The number of hydrogen-bond acceptors (Lipinski definition) is 11. The molecule has 0 saturated carbocycles. The van der Waals surface area contributed by atoms with Gasteiger partial charge in [-0.2, -0.15) is 5.09 Å². The number of aliphatic carboxylic acids is 1. The molecule has 1 aliphatic rings. The number of carboxylic acids is 1. The van der Waals surface area contributed by atoms with Crippen LogP contribution >= 0.6 is 7.87 Å². The van der Waals surface area contributed by atoms with Crippen molar-refractivity contribution in [2.45, 2.75) is 90.6 Å². The molecule has 0 radical (unpaired) electrons. The summed E-state index contributed by atoms with van der Waals surface area (Å²) in [6.07, 6.45) is -2.26. The molecule has 43 heavy (non-hydrogen) atoms. The normalized spacial score (nSPS) is 25.0. The second-order valence-corrected chi connectivity index (χ2v) is 13.0. The van der Waals surface area contributed by atoms with Crippen molar-refractivity contribution in [1.82, 2.24) is 15.4 Å². The summed E-state index contributed by atoms with van der Waals surface area (Å²) in [5, 5.41) is 16.0. The van der Waals surface area contributed by atoms with Crippen molar-refractivity contribution in [3.8, 4) is 0 Å². The first-order chi connectivity index (χ1) is 20.1. The molecule has 2 heterocycles. The SMILES string of the molecule is CC(=O)O[C@@H]1[C@@H](OC(C)=O)[C@@H](OC(C)=O)[P+]([O-])(N[C@@H](CC(C)C)C(=O)N[C@@H](Cc2c[nH]c3ccccc23)C(=O)O)O[C@H]1C. The first-order valence-corrected chi connectivity index (χ1v) is 15.5. The molecule has 4 N–H and O–H groups in total. The topological polar surface area (TPSA) is 205 Å². The quantitative estimate of drug-likeness (QED) is 0.151. The van der Waals surface area contributed by atoms with Gasteiger partial charge >= 0.3 is 23.9 Å². The van der Waals surface area contributed by atoms with Crippen LogP contribution in [0.1, 0.15) is 53.5 Å². The Labute approximate surface area is 249 Å². The van der Waals surface area contributed by atoms with E-state index in [4.69, 9.17) is 18.7 Å². The minimum atomic E-state index is -4.42. The van der Waals surface area contributed by atoms with Gasteiger partial charge < -0.3 is 34.5 Å². The molecule has 14 nitrogen and oxygen atoms in total. The number of aromatic amines is 1. The molecule has 236 valence electrons. The second-order valence-electron chi connectivity index (χ2n) is 10.8. The third-order valence-corrected chi connectivity index (χ3v) is 9.08. The number of nitrogens with one attached hydrogen (secondary N) is 3. The Morgan fingerprint density at radius 1 is 1.00 bits per heavy atom. The lowest BCUT2D eigenvalue weighted by Crippen LogP contribution is -2.62. The van der Waals surface area contributed by atoms with Gasteiger partial charge in [0.15, 0.2) is 6.10 Å². The Morgan fingerprint density at radius 3 is 2.19 bits per heavy atom. The lowest BCUT2D eigenvalue weighted by Gasteiger charge is -2.47. The van der Waals surface area contributed by atoms with Crippen LogP contribution < -0.4 is 15.3 Å². The van der Waals surface area contributed by atoms with Gasteiger partial charge in [-0.3, -0.25) is 19.2 Å². The van der Waals surface area contributed by atoms with E-state index in [0.29, 0.717) is 5.56 Å². The van der Waals surface area contributed by atoms with Crippen LogP contribution in [0.15, 0.2) is 30.5 Å². The molecule has 15 heteroatoms. The maximum atomic E-state index is 14.4. The van der Waals surface area contributed by atoms with Crippen molar-refractivity contribution in [3.05, 3.63) is 36.0 Å². The molecule has 1 aliphatic heterocycles. The van der Waals surface area contributed by atoms with E-state index in [9.17, 15) is 34.0 Å². The number of esters is 3. The summed E-state index contributed by atoms with van der Waals surface area (Å²) in [6.45, 7) is 8.23. The van der Waals surface area contributed by atoms with E-state index in [1.165, 1.54) is 6.92 Å². The number of amides is 1. The Morgan fingerprint density at radius 2 is 1.60 bits per heavy atom. The minimum Gasteiger partial charge on any atom is -0.638 e. The van der Waals surface area contributed by atoms with Crippen molar-refractivity contribution in [1.29, 1.82) is 0 Å². The number of carbonyl (C=O) groups is 5. The van der Waals surface area contributed by atoms with Crippen molar-refractivity contribution >= 4 is 48.6 Å². The zero-order valence-corrected chi connectivity index (χ0v) is 25.7. The van der Waals surface area contributed by atoms with Gasteiger partial charge in [0.05, 0.1) is 0 Å². The number of aromatic nitrogens is 1. The average Bonchev–Trinajstić information content (AvgIpc) is 3.29. The van der Waals surface area contributed by atoms with E-state index in [0.717, 1.165) is 31.7 Å². The predicted octanol–water partition coefficient (Wildman–Crippen LogP) is 1.58. The molecule has 1 amide bonds. The summed E-state index contributed by atoms with van der Waals surface area (Å²) < 4.78 is 21.7.